The van der Waals surface area contributed by atoms with Gasteiger partial charge in [-0.25, -0.2) is 0 Å². The van der Waals surface area contributed by atoms with Gasteiger partial charge in [-0.1, -0.05) is 44.2 Å². The predicted molar refractivity (Wildman–Crippen MR) is 99.1 cm³/mol. The van der Waals surface area contributed by atoms with Crippen LogP contribution in [0, 0.1) is 0 Å². The van der Waals surface area contributed by atoms with Gasteiger partial charge in [-0.3, -0.25) is 4.99 Å². The fourth-order valence-corrected chi connectivity index (χ4v) is 3.21. The summed E-state index contributed by atoms with van der Waals surface area (Å²) in [5, 5.41) is 3.46. The van der Waals surface area contributed by atoms with E-state index in [0.29, 0.717) is 5.92 Å². The molecule has 0 amide bonds. The Hall–Kier alpha value is -1.55. The van der Waals surface area contributed by atoms with E-state index in [9.17, 15) is 0 Å². The summed E-state index contributed by atoms with van der Waals surface area (Å²) in [7, 11) is 0. The largest absolute Gasteiger partial charge is 0.357 e. The van der Waals surface area contributed by atoms with Gasteiger partial charge in [0.15, 0.2) is 5.96 Å². The molecule has 1 aliphatic heterocycles. The number of hydrogen-bond acceptors (Lipinski definition) is 2. The molecule has 23 heavy (non-hydrogen) atoms. The average molecular weight is 316 g/mol. The molecule has 1 aromatic rings. The zero-order valence-corrected chi connectivity index (χ0v) is 15.0. The second-order valence-corrected chi connectivity index (χ2v) is 6.10. The number of nitrogens with zero attached hydrogens (tertiary/aromatic N) is 3. The van der Waals surface area contributed by atoms with Crippen LogP contribution in [0.3, 0.4) is 0 Å². The van der Waals surface area contributed by atoms with E-state index in [1.807, 2.05) is 0 Å². The van der Waals surface area contributed by atoms with Gasteiger partial charge in [0, 0.05) is 32.1 Å². The van der Waals surface area contributed by atoms with Crippen LogP contribution in [0.2, 0.25) is 0 Å². The molecule has 1 atom stereocenters. The van der Waals surface area contributed by atoms with Crippen molar-refractivity contribution < 1.29 is 0 Å². The normalized spacial score (nSPS) is 18.7. The summed E-state index contributed by atoms with van der Waals surface area (Å²) < 4.78 is 0. The first-order chi connectivity index (χ1) is 11.3. The number of guanidine groups is 1. The number of aliphatic imine (C=N–C) groups is 1. The van der Waals surface area contributed by atoms with E-state index in [-0.39, 0.29) is 0 Å². The van der Waals surface area contributed by atoms with Gasteiger partial charge in [0.2, 0.25) is 0 Å². The molecular weight excluding hydrogens is 284 g/mol. The fraction of sp³-hybridized carbons (Fsp3) is 0.632. The third-order valence-corrected chi connectivity index (χ3v) is 4.67. The van der Waals surface area contributed by atoms with Crippen molar-refractivity contribution in [3.05, 3.63) is 35.9 Å². The maximum atomic E-state index is 4.85. The van der Waals surface area contributed by atoms with E-state index in [1.54, 1.807) is 0 Å². The Labute approximate surface area is 141 Å². The summed E-state index contributed by atoms with van der Waals surface area (Å²) >= 11 is 0. The van der Waals surface area contributed by atoms with E-state index in [1.165, 1.54) is 12.0 Å². The Morgan fingerprint density at radius 1 is 1.22 bits per heavy atom. The van der Waals surface area contributed by atoms with Gasteiger partial charge in [0.25, 0.3) is 0 Å². The van der Waals surface area contributed by atoms with Gasteiger partial charge in [0.1, 0.15) is 0 Å². The molecule has 1 aliphatic rings. The van der Waals surface area contributed by atoms with Crippen LogP contribution in [0.1, 0.15) is 38.7 Å². The van der Waals surface area contributed by atoms with Crippen LogP contribution in [0.4, 0.5) is 0 Å². The SMILES string of the molecule is CCNC(=NCCN(CC)CC)N1CCC(c2ccccc2)C1. The minimum Gasteiger partial charge on any atom is -0.357 e. The Kier molecular flexibility index (Phi) is 7.40. The molecule has 128 valence electrons. The van der Waals surface area contributed by atoms with Gasteiger partial charge in [0.05, 0.1) is 6.54 Å². The molecule has 4 heteroatoms. The molecule has 1 fully saturated rings. The zero-order valence-electron chi connectivity index (χ0n) is 15.0. The molecule has 1 saturated heterocycles. The predicted octanol–water partition coefficient (Wildman–Crippen LogP) is 2.78. The Morgan fingerprint density at radius 2 is 1.96 bits per heavy atom. The topological polar surface area (TPSA) is 30.9 Å². The van der Waals surface area contributed by atoms with Gasteiger partial charge in [-0.2, -0.15) is 0 Å². The third-order valence-electron chi connectivity index (χ3n) is 4.67. The minimum atomic E-state index is 0.628. The Balaban J connectivity index is 1.93. The average Bonchev–Trinajstić information content (AvgIpc) is 3.08. The van der Waals surface area contributed by atoms with Crippen LogP contribution in [-0.4, -0.2) is 61.6 Å². The van der Waals surface area contributed by atoms with E-state index < -0.39 is 0 Å². The van der Waals surface area contributed by atoms with Crippen molar-refractivity contribution >= 4 is 5.96 Å². The van der Waals surface area contributed by atoms with E-state index >= 15 is 0 Å². The van der Waals surface area contributed by atoms with Gasteiger partial charge >= 0.3 is 0 Å². The van der Waals surface area contributed by atoms with Gasteiger partial charge < -0.3 is 15.1 Å². The standard InChI is InChI=1S/C19H32N4/c1-4-20-19(21-13-15-22(5-2)6-3)23-14-12-18(16-23)17-10-8-7-9-11-17/h7-11,18H,4-6,12-16H2,1-3H3,(H,20,21). The molecule has 1 heterocycles. The molecule has 4 nitrogen and oxygen atoms in total. The van der Waals surface area contributed by atoms with Crippen molar-refractivity contribution in [3.63, 3.8) is 0 Å². The van der Waals surface area contributed by atoms with Crippen molar-refractivity contribution in [2.75, 3.05) is 45.8 Å². The molecule has 0 spiro atoms. The Bertz CT molecular complexity index is 468. The minimum absolute atomic E-state index is 0.628. The first-order valence-electron chi connectivity index (χ1n) is 9.09. The van der Waals surface area contributed by atoms with Crippen molar-refractivity contribution in [2.45, 2.75) is 33.1 Å². The molecule has 2 rings (SSSR count). The second-order valence-electron chi connectivity index (χ2n) is 6.10. The highest BCUT2D eigenvalue weighted by atomic mass is 15.3. The monoisotopic (exact) mass is 316 g/mol. The maximum absolute atomic E-state index is 4.85. The highest BCUT2D eigenvalue weighted by Crippen LogP contribution is 2.26. The zero-order chi connectivity index (χ0) is 16.5. The van der Waals surface area contributed by atoms with E-state index in [2.05, 4.69) is 66.2 Å². The lowest BCUT2D eigenvalue weighted by atomic mass is 9.99. The highest BCUT2D eigenvalue weighted by molar-refractivity contribution is 5.80. The van der Waals surface area contributed by atoms with Crippen LogP contribution < -0.4 is 5.32 Å². The first-order valence-corrected chi connectivity index (χ1v) is 9.09. The molecule has 1 aromatic carbocycles. The number of rotatable bonds is 7. The van der Waals surface area contributed by atoms with Gasteiger partial charge in [-0.15, -0.1) is 0 Å². The van der Waals surface area contributed by atoms with Gasteiger partial charge in [-0.05, 0) is 32.0 Å². The summed E-state index contributed by atoms with van der Waals surface area (Å²) in [6, 6.07) is 10.9. The maximum Gasteiger partial charge on any atom is 0.193 e. The quantitative estimate of drug-likeness (QED) is 0.620. The lowest BCUT2D eigenvalue weighted by Gasteiger charge is -2.23. The molecule has 1 N–H and O–H groups in total. The van der Waals surface area contributed by atoms with Crippen molar-refractivity contribution in [2.24, 2.45) is 4.99 Å². The summed E-state index contributed by atoms with van der Waals surface area (Å²) in [5.74, 6) is 1.71. The molecule has 0 radical (unpaired) electrons. The smallest absolute Gasteiger partial charge is 0.193 e. The number of likely N-dealkylation sites (N-methyl/N-ethyl adjacent to an activating group) is 1. The van der Waals surface area contributed by atoms with Crippen LogP contribution in [0.5, 0.6) is 0 Å². The highest BCUT2D eigenvalue weighted by Gasteiger charge is 2.25. The third kappa shape index (κ3) is 5.24. The fourth-order valence-electron chi connectivity index (χ4n) is 3.21. The summed E-state index contributed by atoms with van der Waals surface area (Å²) in [5.41, 5.74) is 1.45. The van der Waals surface area contributed by atoms with Crippen molar-refractivity contribution in [1.82, 2.24) is 15.1 Å². The lowest BCUT2D eigenvalue weighted by molar-refractivity contribution is 0.312. The number of hydrogen-bond donors (Lipinski definition) is 1. The van der Waals surface area contributed by atoms with E-state index in [4.69, 9.17) is 4.99 Å². The summed E-state index contributed by atoms with van der Waals surface area (Å²) in [4.78, 5) is 9.69. The molecule has 0 aliphatic carbocycles. The second kappa shape index (κ2) is 9.56. The molecule has 1 unspecified atom stereocenters. The molecular formula is C19H32N4. The lowest BCUT2D eigenvalue weighted by Crippen LogP contribution is -2.40. The number of benzene rings is 1. The number of likely N-dealkylation sites (tertiary alicyclic amines) is 1. The van der Waals surface area contributed by atoms with Crippen LogP contribution in [-0.2, 0) is 0 Å². The molecule has 0 bridgehead atoms. The Morgan fingerprint density at radius 3 is 2.61 bits per heavy atom. The van der Waals surface area contributed by atoms with Crippen LogP contribution >= 0.6 is 0 Å². The summed E-state index contributed by atoms with van der Waals surface area (Å²) in [6.45, 7) is 13.8. The van der Waals surface area contributed by atoms with Crippen LogP contribution in [0.15, 0.2) is 35.3 Å². The molecule has 0 aromatic heterocycles. The molecule has 0 saturated carbocycles. The van der Waals surface area contributed by atoms with E-state index in [0.717, 1.165) is 51.8 Å². The summed E-state index contributed by atoms with van der Waals surface area (Å²) in [6.07, 6.45) is 1.21. The first kappa shape index (κ1) is 17.8. The van der Waals surface area contributed by atoms with Crippen molar-refractivity contribution in [1.29, 1.82) is 0 Å². The van der Waals surface area contributed by atoms with Crippen molar-refractivity contribution in [3.8, 4) is 0 Å². The van der Waals surface area contributed by atoms with Crippen LogP contribution in [0.25, 0.3) is 0 Å². The number of nitrogens with one attached hydrogen (secondary N) is 1.